The molecule has 0 radical (unpaired) electrons. The minimum absolute atomic E-state index is 0.0941. The number of ether oxygens (including phenoxy) is 1. The summed E-state index contributed by atoms with van der Waals surface area (Å²) < 4.78 is 10.2. The molecule has 0 aliphatic heterocycles. The van der Waals surface area contributed by atoms with Gasteiger partial charge in [-0.15, -0.1) is 0 Å². The highest BCUT2D eigenvalue weighted by Crippen LogP contribution is 2.15. The van der Waals surface area contributed by atoms with Crippen LogP contribution in [0.5, 0.6) is 5.75 Å². The summed E-state index contributed by atoms with van der Waals surface area (Å²) in [6.45, 7) is 1.82. The molecule has 0 amide bonds. The first-order chi connectivity index (χ1) is 9.21. The quantitative estimate of drug-likeness (QED) is 0.796. The van der Waals surface area contributed by atoms with Gasteiger partial charge in [0.25, 0.3) is 0 Å². The van der Waals surface area contributed by atoms with Crippen molar-refractivity contribution in [3.8, 4) is 5.75 Å². The van der Waals surface area contributed by atoms with Crippen molar-refractivity contribution in [2.24, 2.45) is 0 Å². The van der Waals surface area contributed by atoms with Crippen LogP contribution in [0.25, 0.3) is 0 Å². The molecule has 2 aromatic rings. The topological polar surface area (TPSA) is 65.2 Å². The molecule has 1 heterocycles. The first-order valence-electron chi connectivity index (χ1n) is 6.17. The van der Waals surface area contributed by atoms with Crippen molar-refractivity contribution in [3.63, 3.8) is 0 Å². The Morgan fingerprint density at radius 2 is 2.26 bits per heavy atom. The summed E-state index contributed by atoms with van der Waals surface area (Å²) in [7, 11) is 1.63. The van der Waals surface area contributed by atoms with Crippen LogP contribution in [0, 0.1) is 0 Å². The van der Waals surface area contributed by atoms with Crippen LogP contribution in [0.1, 0.15) is 30.6 Å². The van der Waals surface area contributed by atoms with Gasteiger partial charge in [-0.25, -0.2) is 0 Å². The van der Waals surface area contributed by atoms with Gasteiger partial charge in [0, 0.05) is 12.8 Å². The standard InChI is InChI=1S/C14H16N2O3/c1-3-11(17)9-14-15-13(16-19-14)8-10-5-4-6-12(7-10)18-2/h4-7H,3,8-9H2,1-2H3. The fourth-order valence-electron chi connectivity index (χ4n) is 1.69. The lowest BCUT2D eigenvalue weighted by Crippen LogP contribution is -2.00. The van der Waals surface area contributed by atoms with E-state index in [2.05, 4.69) is 10.1 Å². The van der Waals surface area contributed by atoms with E-state index < -0.39 is 0 Å². The smallest absolute Gasteiger partial charge is 0.234 e. The Bertz CT molecular complexity index is 563. The number of rotatable bonds is 6. The summed E-state index contributed by atoms with van der Waals surface area (Å²) in [5, 5.41) is 3.88. The molecule has 0 bridgehead atoms. The van der Waals surface area contributed by atoms with E-state index >= 15 is 0 Å². The molecule has 0 saturated carbocycles. The molecule has 0 unspecified atom stereocenters. The van der Waals surface area contributed by atoms with Gasteiger partial charge in [-0.05, 0) is 17.7 Å². The zero-order chi connectivity index (χ0) is 13.7. The third-order valence-corrected chi connectivity index (χ3v) is 2.75. The first kappa shape index (κ1) is 13.3. The van der Waals surface area contributed by atoms with E-state index in [1.54, 1.807) is 7.11 Å². The number of carbonyl (C=O) groups excluding carboxylic acids is 1. The zero-order valence-corrected chi connectivity index (χ0v) is 11.0. The molecule has 0 spiro atoms. The fourth-order valence-corrected chi connectivity index (χ4v) is 1.69. The van der Waals surface area contributed by atoms with E-state index in [9.17, 15) is 4.79 Å². The van der Waals surface area contributed by atoms with Crippen molar-refractivity contribution in [2.45, 2.75) is 26.2 Å². The molecule has 2 rings (SSSR count). The zero-order valence-electron chi connectivity index (χ0n) is 11.0. The second-order valence-corrected chi connectivity index (χ2v) is 4.20. The third-order valence-electron chi connectivity index (χ3n) is 2.75. The van der Waals surface area contributed by atoms with Crippen molar-refractivity contribution >= 4 is 5.78 Å². The summed E-state index contributed by atoms with van der Waals surface area (Å²) >= 11 is 0. The Balaban J connectivity index is 2.04. The predicted octanol–water partition coefficient (Wildman–Crippen LogP) is 2.19. The van der Waals surface area contributed by atoms with Crippen molar-refractivity contribution < 1.29 is 14.1 Å². The second kappa shape index (κ2) is 6.13. The highest BCUT2D eigenvalue weighted by Gasteiger charge is 2.10. The molecule has 0 N–H and O–H groups in total. The molecule has 0 fully saturated rings. The van der Waals surface area contributed by atoms with Crippen LogP contribution >= 0.6 is 0 Å². The van der Waals surface area contributed by atoms with Gasteiger partial charge >= 0.3 is 0 Å². The molecule has 0 aliphatic carbocycles. The van der Waals surface area contributed by atoms with Crippen LogP contribution < -0.4 is 4.74 Å². The van der Waals surface area contributed by atoms with Gasteiger partial charge in [0.1, 0.15) is 11.5 Å². The number of carbonyl (C=O) groups is 1. The Hall–Kier alpha value is -2.17. The van der Waals surface area contributed by atoms with Crippen LogP contribution in [0.4, 0.5) is 0 Å². The van der Waals surface area contributed by atoms with Gasteiger partial charge in [0.2, 0.25) is 5.89 Å². The monoisotopic (exact) mass is 260 g/mol. The van der Waals surface area contributed by atoms with E-state index in [1.165, 1.54) is 0 Å². The highest BCUT2D eigenvalue weighted by molar-refractivity contribution is 5.79. The maximum atomic E-state index is 11.3. The molecule has 5 nitrogen and oxygen atoms in total. The molecule has 19 heavy (non-hydrogen) atoms. The van der Waals surface area contributed by atoms with Gasteiger partial charge in [-0.3, -0.25) is 4.79 Å². The summed E-state index contributed by atoms with van der Waals surface area (Å²) in [4.78, 5) is 15.5. The molecular weight excluding hydrogens is 244 g/mol. The molecule has 1 aromatic carbocycles. The van der Waals surface area contributed by atoms with Crippen molar-refractivity contribution in [1.82, 2.24) is 10.1 Å². The molecule has 0 atom stereocenters. The number of aromatic nitrogens is 2. The lowest BCUT2D eigenvalue weighted by atomic mass is 10.1. The van der Waals surface area contributed by atoms with Gasteiger partial charge in [0.15, 0.2) is 5.82 Å². The number of hydrogen-bond donors (Lipinski definition) is 0. The largest absolute Gasteiger partial charge is 0.497 e. The van der Waals surface area contributed by atoms with Gasteiger partial charge in [-0.2, -0.15) is 4.98 Å². The number of benzene rings is 1. The minimum atomic E-state index is 0.0941. The Labute approximate surface area is 111 Å². The normalized spacial score (nSPS) is 10.4. The summed E-state index contributed by atoms with van der Waals surface area (Å²) in [5.74, 6) is 1.84. The summed E-state index contributed by atoms with van der Waals surface area (Å²) in [6, 6.07) is 7.68. The minimum Gasteiger partial charge on any atom is -0.497 e. The van der Waals surface area contributed by atoms with Crippen LogP contribution in [0.2, 0.25) is 0 Å². The van der Waals surface area contributed by atoms with Crippen LogP contribution in [0.3, 0.4) is 0 Å². The molecular formula is C14H16N2O3. The number of nitrogens with zero attached hydrogens (tertiary/aromatic N) is 2. The average molecular weight is 260 g/mol. The Morgan fingerprint density at radius 3 is 3.00 bits per heavy atom. The maximum Gasteiger partial charge on any atom is 0.234 e. The van der Waals surface area contributed by atoms with Crippen molar-refractivity contribution in [1.29, 1.82) is 0 Å². The van der Waals surface area contributed by atoms with Gasteiger partial charge < -0.3 is 9.26 Å². The van der Waals surface area contributed by atoms with Gasteiger partial charge in [-0.1, -0.05) is 24.2 Å². The fraction of sp³-hybridized carbons (Fsp3) is 0.357. The second-order valence-electron chi connectivity index (χ2n) is 4.20. The van der Waals surface area contributed by atoms with E-state index in [4.69, 9.17) is 9.26 Å². The molecule has 0 aliphatic rings. The van der Waals surface area contributed by atoms with E-state index in [1.807, 2.05) is 31.2 Å². The van der Waals surface area contributed by atoms with Crippen LogP contribution in [-0.4, -0.2) is 23.0 Å². The van der Waals surface area contributed by atoms with E-state index in [-0.39, 0.29) is 12.2 Å². The highest BCUT2D eigenvalue weighted by atomic mass is 16.5. The SMILES string of the molecule is CCC(=O)Cc1nc(Cc2cccc(OC)c2)no1. The lowest BCUT2D eigenvalue weighted by molar-refractivity contribution is -0.118. The first-order valence-corrected chi connectivity index (χ1v) is 6.17. The lowest BCUT2D eigenvalue weighted by Gasteiger charge is -2.01. The molecule has 100 valence electrons. The number of Topliss-reactive ketones (excluding diaryl/α,β-unsaturated/α-hetero) is 1. The van der Waals surface area contributed by atoms with Crippen LogP contribution in [-0.2, 0) is 17.6 Å². The van der Waals surface area contributed by atoms with Crippen molar-refractivity contribution in [2.75, 3.05) is 7.11 Å². The van der Waals surface area contributed by atoms with E-state index in [0.29, 0.717) is 24.6 Å². The maximum absolute atomic E-state index is 11.3. The van der Waals surface area contributed by atoms with Gasteiger partial charge in [0.05, 0.1) is 13.5 Å². The Morgan fingerprint density at radius 1 is 1.42 bits per heavy atom. The van der Waals surface area contributed by atoms with E-state index in [0.717, 1.165) is 11.3 Å². The molecule has 1 aromatic heterocycles. The average Bonchev–Trinajstić information content (AvgIpc) is 2.86. The predicted molar refractivity (Wildman–Crippen MR) is 69.1 cm³/mol. The summed E-state index contributed by atoms with van der Waals surface area (Å²) in [6.07, 6.45) is 1.25. The Kier molecular flexibility index (Phi) is 4.28. The number of methoxy groups -OCH3 is 1. The molecule has 0 saturated heterocycles. The number of ketones is 1. The third kappa shape index (κ3) is 3.64. The molecule has 5 heteroatoms. The summed E-state index contributed by atoms with van der Waals surface area (Å²) in [5.41, 5.74) is 1.04. The van der Waals surface area contributed by atoms with Crippen LogP contribution in [0.15, 0.2) is 28.8 Å². The number of hydrogen-bond acceptors (Lipinski definition) is 5. The van der Waals surface area contributed by atoms with Crippen molar-refractivity contribution in [3.05, 3.63) is 41.5 Å².